The zero-order valence-corrected chi connectivity index (χ0v) is 9.56. The van der Waals surface area contributed by atoms with Gasteiger partial charge in [-0.2, -0.15) is 11.8 Å². The Bertz CT molecular complexity index is 351. The van der Waals surface area contributed by atoms with Crippen LogP contribution in [0.5, 0.6) is 5.75 Å². The van der Waals surface area contributed by atoms with Crippen molar-refractivity contribution in [1.29, 1.82) is 0 Å². The van der Waals surface area contributed by atoms with Crippen molar-refractivity contribution >= 4 is 17.7 Å². The fourth-order valence-corrected chi connectivity index (χ4v) is 2.05. The van der Waals surface area contributed by atoms with Crippen molar-refractivity contribution in [2.24, 2.45) is 0 Å². The molecule has 4 heteroatoms. The highest BCUT2D eigenvalue weighted by molar-refractivity contribution is 7.99. The number of phenols is 1. The van der Waals surface area contributed by atoms with Gasteiger partial charge >= 0.3 is 0 Å². The minimum atomic E-state index is -1.05. The Morgan fingerprint density at radius 1 is 1.40 bits per heavy atom. The summed E-state index contributed by atoms with van der Waals surface area (Å²) in [6.45, 7) is 3.66. The van der Waals surface area contributed by atoms with Gasteiger partial charge in [0.1, 0.15) is 5.75 Å². The lowest BCUT2D eigenvalue weighted by atomic mass is 10.1. The maximum absolute atomic E-state index is 10.2. The van der Waals surface area contributed by atoms with Crippen molar-refractivity contribution in [1.82, 2.24) is 0 Å². The van der Waals surface area contributed by atoms with E-state index in [1.165, 1.54) is 11.8 Å². The number of aromatic hydroxyl groups is 1. The fourth-order valence-electron chi connectivity index (χ4n) is 1.38. The molecular weight excluding hydrogens is 212 g/mol. The Morgan fingerprint density at radius 2 is 1.93 bits per heavy atom. The third kappa shape index (κ3) is 3.47. The molecule has 0 saturated heterocycles. The lowest BCUT2D eigenvalue weighted by molar-refractivity contribution is -0.301. The quantitative estimate of drug-likeness (QED) is 0.830. The van der Waals surface area contributed by atoms with Crippen molar-refractivity contribution in [2.75, 3.05) is 5.75 Å². The number of hydrogen-bond acceptors (Lipinski definition) is 4. The molecule has 1 rings (SSSR count). The van der Waals surface area contributed by atoms with Gasteiger partial charge in [-0.1, -0.05) is 12.1 Å². The third-order valence-corrected chi connectivity index (χ3v) is 3.02. The van der Waals surface area contributed by atoms with Gasteiger partial charge in [-0.05, 0) is 30.5 Å². The summed E-state index contributed by atoms with van der Waals surface area (Å²) in [5, 5.41) is 19.7. The third-order valence-electron chi connectivity index (χ3n) is 2.04. The van der Waals surface area contributed by atoms with Crippen LogP contribution in [0.15, 0.2) is 12.1 Å². The van der Waals surface area contributed by atoms with E-state index in [9.17, 15) is 15.0 Å². The maximum Gasteiger partial charge on any atom is 0.121 e. The molecule has 0 fully saturated rings. The van der Waals surface area contributed by atoms with Crippen LogP contribution in [-0.4, -0.2) is 16.8 Å². The number of carboxylic acids is 1. The number of carboxylic acid groups (broad SMARTS) is 1. The van der Waals surface area contributed by atoms with Gasteiger partial charge in [-0.15, -0.1) is 0 Å². The molecule has 0 heterocycles. The van der Waals surface area contributed by atoms with Gasteiger partial charge in [0.15, 0.2) is 0 Å². The number of benzene rings is 1. The van der Waals surface area contributed by atoms with Gasteiger partial charge in [-0.25, -0.2) is 0 Å². The maximum atomic E-state index is 10.2. The number of hydrogen-bond donors (Lipinski definition) is 1. The van der Waals surface area contributed by atoms with E-state index in [0.717, 1.165) is 16.7 Å². The van der Waals surface area contributed by atoms with Crippen LogP contribution in [0, 0.1) is 13.8 Å². The molecule has 0 atom stereocenters. The van der Waals surface area contributed by atoms with Crippen LogP contribution in [0.25, 0.3) is 0 Å². The van der Waals surface area contributed by atoms with Crippen molar-refractivity contribution < 1.29 is 15.0 Å². The lowest BCUT2D eigenvalue weighted by Gasteiger charge is -2.08. The molecule has 1 N–H and O–H groups in total. The molecule has 0 aliphatic rings. The molecule has 0 saturated carbocycles. The van der Waals surface area contributed by atoms with Gasteiger partial charge in [-0.3, -0.25) is 0 Å². The molecule has 1 aromatic rings. The van der Waals surface area contributed by atoms with E-state index in [4.69, 9.17) is 0 Å². The van der Waals surface area contributed by atoms with Gasteiger partial charge in [0.2, 0.25) is 0 Å². The van der Waals surface area contributed by atoms with Crippen molar-refractivity contribution in [3.05, 3.63) is 28.8 Å². The first-order chi connectivity index (χ1) is 7.00. The molecule has 82 valence electrons. The number of aryl methyl sites for hydroxylation is 2. The van der Waals surface area contributed by atoms with Gasteiger partial charge in [0.05, 0.1) is 5.97 Å². The van der Waals surface area contributed by atoms with E-state index in [1.54, 1.807) is 0 Å². The van der Waals surface area contributed by atoms with Crippen LogP contribution in [0.4, 0.5) is 0 Å². The van der Waals surface area contributed by atoms with Gasteiger partial charge < -0.3 is 15.0 Å². The van der Waals surface area contributed by atoms with Crippen LogP contribution in [-0.2, 0) is 10.5 Å². The molecule has 0 unspecified atom stereocenters. The SMILES string of the molecule is Cc1cc(CSCC(=O)[O-])cc(C)c1O. The van der Waals surface area contributed by atoms with E-state index in [2.05, 4.69) is 0 Å². The number of rotatable bonds is 4. The monoisotopic (exact) mass is 225 g/mol. The first kappa shape index (κ1) is 11.9. The number of phenolic OH excluding ortho intramolecular Hbond substituents is 1. The number of carbonyl (C=O) groups is 1. The second-order valence-electron chi connectivity index (χ2n) is 3.44. The Hall–Kier alpha value is -1.16. The Labute approximate surface area is 93.1 Å². The number of thioether (sulfide) groups is 1. The van der Waals surface area contributed by atoms with Gasteiger partial charge in [0.25, 0.3) is 0 Å². The standard InChI is InChI=1S/C11H14O3S/c1-7-3-9(4-8(2)11(7)14)5-15-6-10(12)13/h3-4,14H,5-6H2,1-2H3,(H,12,13)/p-1. The second kappa shape index (κ2) is 5.07. The molecule has 15 heavy (non-hydrogen) atoms. The summed E-state index contributed by atoms with van der Waals surface area (Å²) in [7, 11) is 0. The molecule has 0 bridgehead atoms. The van der Waals surface area contributed by atoms with E-state index in [1.807, 2.05) is 26.0 Å². The van der Waals surface area contributed by atoms with E-state index in [-0.39, 0.29) is 5.75 Å². The minimum absolute atomic E-state index is 0.00102. The predicted octanol–water partition coefficient (Wildman–Crippen LogP) is 0.992. The Balaban J connectivity index is 2.66. The summed E-state index contributed by atoms with van der Waals surface area (Å²) in [6.07, 6.45) is 0. The smallest absolute Gasteiger partial charge is 0.121 e. The molecule has 0 aromatic heterocycles. The normalized spacial score (nSPS) is 10.3. The highest BCUT2D eigenvalue weighted by atomic mass is 32.2. The number of aliphatic carboxylic acids is 1. The molecule has 0 amide bonds. The molecule has 0 radical (unpaired) electrons. The van der Waals surface area contributed by atoms with Crippen LogP contribution >= 0.6 is 11.8 Å². The summed E-state index contributed by atoms with van der Waals surface area (Å²) >= 11 is 1.29. The lowest BCUT2D eigenvalue weighted by Crippen LogP contribution is -2.24. The molecule has 0 spiro atoms. The fraction of sp³-hybridized carbons (Fsp3) is 0.364. The van der Waals surface area contributed by atoms with E-state index in [0.29, 0.717) is 11.5 Å². The highest BCUT2D eigenvalue weighted by Crippen LogP contribution is 2.24. The average Bonchev–Trinajstić information content (AvgIpc) is 2.13. The summed E-state index contributed by atoms with van der Waals surface area (Å²) in [4.78, 5) is 10.2. The van der Waals surface area contributed by atoms with E-state index < -0.39 is 5.97 Å². The summed E-state index contributed by atoms with van der Waals surface area (Å²) in [6, 6.07) is 3.73. The summed E-state index contributed by atoms with van der Waals surface area (Å²) in [5.41, 5.74) is 2.66. The zero-order valence-electron chi connectivity index (χ0n) is 8.74. The van der Waals surface area contributed by atoms with Crippen LogP contribution in [0.2, 0.25) is 0 Å². The first-order valence-corrected chi connectivity index (χ1v) is 5.73. The molecular formula is C11H13O3S-. The topological polar surface area (TPSA) is 60.4 Å². The summed E-state index contributed by atoms with van der Waals surface area (Å²) in [5.74, 6) is -0.120. The Morgan fingerprint density at radius 3 is 2.40 bits per heavy atom. The van der Waals surface area contributed by atoms with Crippen molar-refractivity contribution in [3.8, 4) is 5.75 Å². The minimum Gasteiger partial charge on any atom is -0.549 e. The first-order valence-electron chi connectivity index (χ1n) is 4.57. The van der Waals surface area contributed by atoms with Crippen LogP contribution in [0.1, 0.15) is 16.7 Å². The second-order valence-corrected chi connectivity index (χ2v) is 4.43. The zero-order chi connectivity index (χ0) is 11.4. The predicted molar refractivity (Wildman–Crippen MR) is 58.7 cm³/mol. The van der Waals surface area contributed by atoms with Crippen molar-refractivity contribution in [3.63, 3.8) is 0 Å². The molecule has 1 aromatic carbocycles. The van der Waals surface area contributed by atoms with Crippen LogP contribution in [0.3, 0.4) is 0 Å². The van der Waals surface area contributed by atoms with Crippen molar-refractivity contribution in [2.45, 2.75) is 19.6 Å². The number of carbonyl (C=O) groups excluding carboxylic acids is 1. The molecule has 0 aliphatic carbocycles. The molecule has 0 aliphatic heterocycles. The highest BCUT2D eigenvalue weighted by Gasteiger charge is 2.03. The Kier molecular flexibility index (Phi) is 4.03. The largest absolute Gasteiger partial charge is 0.549 e. The molecule has 3 nitrogen and oxygen atoms in total. The average molecular weight is 225 g/mol. The van der Waals surface area contributed by atoms with Gasteiger partial charge in [0, 0.05) is 11.5 Å². The van der Waals surface area contributed by atoms with Crippen LogP contribution < -0.4 is 5.11 Å². The van der Waals surface area contributed by atoms with E-state index >= 15 is 0 Å². The summed E-state index contributed by atoms with van der Waals surface area (Å²) < 4.78 is 0.